The second-order valence-electron chi connectivity index (χ2n) is 8.23. The fourth-order valence-corrected chi connectivity index (χ4v) is 4.59. The van der Waals surface area contributed by atoms with Crippen molar-refractivity contribution in [2.24, 2.45) is 5.92 Å². The van der Waals surface area contributed by atoms with Gasteiger partial charge in [0, 0.05) is 44.8 Å². The summed E-state index contributed by atoms with van der Waals surface area (Å²) in [4.78, 5) is 5.04. The van der Waals surface area contributed by atoms with Crippen molar-refractivity contribution in [1.82, 2.24) is 20.4 Å². The van der Waals surface area contributed by atoms with Crippen LogP contribution in [0.2, 0.25) is 0 Å². The molecular formula is C22H32N6O. The molecule has 0 saturated carbocycles. The van der Waals surface area contributed by atoms with E-state index in [2.05, 4.69) is 37.6 Å². The average molecular weight is 397 g/mol. The zero-order valence-corrected chi connectivity index (χ0v) is 17.4. The van der Waals surface area contributed by atoms with Crippen molar-refractivity contribution in [3.05, 3.63) is 30.3 Å². The van der Waals surface area contributed by atoms with E-state index in [9.17, 15) is 5.11 Å². The van der Waals surface area contributed by atoms with E-state index in [0.29, 0.717) is 17.3 Å². The number of hydrogen-bond donors (Lipinski definition) is 3. The molecule has 2 aliphatic heterocycles. The van der Waals surface area contributed by atoms with Gasteiger partial charge >= 0.3 is 0 Å². The van der Waals surface area contributed by atoms with E-state index < -0.39 is 0 Å². The van der Waals surface area contributed by atoms with E-state index >= 15 is 0 Å². The highest BCUT2D eigenvalue weighted by Gasteiger charge is 2.28. The number of nitrogens with one attached hydrogen (secondary N) is 2. The van der Waals surface area contributed by atoms with E-state index in [-0.39, 0.29) is 5.75 Å². The number of phenols is 1. The van der Waals surface area contributed by atoms with Gasteiger partial charge in [0.05, 0.1) is 11.4 Å². The van der Waals surface area contributed by atoms with Crippen LogP contribution in [0.5, 0.6) is 5.75 Å². The molecule has 156 valence electrons. The number of para-hydroxylation sites is 1. The Hall–Kier alpha value is -2.38. The highest BCUT2D eigenvalue weighted by molar-refractivity contribution is 5.75. The minimum atomic E-state index is 0.227. The second-order valence-corrected chi connectivity index (χ2v) is 8.23. The first-order valence-corrected chi connectivity index (χ1v) is 10.7. The first kappa shape index (κ1) is 19.9. The number of benzene rings is 1. The van der Waals surface area contributed by atoms with Crippen LogP contribution in [0.15, 0.2) is 30.3 Å². The number of aromatic hydroxyl groups is 1. The quantitative estimate of drug-likeness (QED) is 0.716. The number of anilines is 2. The molecule has 1 atom stereocenters. The topological polar surface area (TPSA) is 76.6 Å². The molecule has 7 nitrogen and oxygen atoms in total. The maximum Gasteiger partial charge on any atom is 0.172 e. The van der Waals surface area contributed by atoms with E-state index in [1.54, 1.807) is 6.07 Å². The maximum atomic E-state index is 10.2. The minimum Gasteiger partial charge on any atom is -0.507 e. The third-order valence-corrected chi connectivity index (χ3v) is 6.19. The Morgan fingerprint density at radius 1 is 1.17 bits per heavy atom. The van der Waals surface area contributed by atoms with E-state index in [1.165, 1.54) is 19.4 Å². The molecule has 7 heteroatoms. The molecule has 2 fully saturated rings. The van der Waals surface area contributed by atoms with Crippen molar-refractivity contribution in [2.75, 3.05) is 56.5 Å². The van der Waals surface area contributed by atoms with Gasteiger partial charge in [-0.15, -0.1) is 10.2 Å². The third kappa shape index (κ3) is 4.46. The van der Waals surface area contributed by atoms with Gasteiger partial charge in [-0.3, -0.25) is 4.90 Å². The van der Waals surface area contributed by atoms with Crippen LogP contribution in [0.1, 0.15) is 19.8 Å². The first-order chi connectivity index (χ1) is 14.2. The molecule has 0 aliphatic carbocycles. The second kappa shape index (κ2) is 8.97. The van der Waals surface area contributed by atoms with Gasteiger partial charge in [-0.2, -0.15) is 0 Å². The zero-order chi connectivity index (χ0) is 20.2. The van der Waals surface area contributed by atoms with Crippen LogP contribution in [-0.2, 0) is 0 Å². The molecule has 4 rings (SSSR count). The van der Waals surface area contributed by atoms with Crippen LogP contribution in [0.4, 0.5) is 11.5 Å². The van der Waals surface area contributed by atoms with Crippen molar-refractivity contribution in [3.63, 3.8) is 0 Å². The number of rotatable bonds is 5. The average Bonchev–Trinajstić information content (AvgIpc) is 2.75. The summed E-state index contributed by atoms with van der Waals surface area (Å²) in [6.45, 7) is 8.89. The summed E-state index contributed by atoms with van der Waals surface area (Å²) in [5.41, 5.74) is 2.46. The lowest BCUT2D eigenvalue weighted by Crippen LogP contribution is -2.53. The summed E-state index contributed by atoms with van der Waals surface area (Å²) < 4.78 is 0. The number of nitrogens with zero attached hydrogens (tertiary/aromatic N) is 4. The SMILES string of the molecule is CNc1nnc(-c2ccccc2O)cc1N1CCN(CC2CCNCC2)C[C@@H]1C. The smallest absolute Gasteiger partial charge is 0.172 e. The van der Waals surface area contributed by atoms with Gasteiger partial charge in [0.25, 0.3) is 0 Å². The van der Waals surface area contributed by atoms with Gasteiger partial charge in [-0.05, 0) is 57.0 Å². The Morgan fingerprint density at radius 2 is 1.97 bits per heavy atom. The Labute approximate surface area is 173 Å². The monoisotopic (exact) mass is 396 g/mol. The lowest BCUT2D eigenvalue weighted by atomic mass is 9.97. The van der Waals surface area contributed by atoms with Crippen LogP contribution in [0, 0.1) is 5.92 Å². The highest BCUT2D eigenvalue weighted by atomic mass is 16.3. The van der Waals surface area contributed by atoms with Crippen LogP contribution in [0.25, 0.3) is 11.3 Å². The van der Waals surface area contributed by atoms with Crippen molar-refractivity contribution in [3.8, 4) is 17.0 Å². The highest BCUT2D eigenvalue weighted by Crippen LogP contribution is 2.33. The molecule has 3 heterocycles. The molecule has 0 unspecified atom stereocenters. The minimum absolute atomic E-state index is 0.227. The lowest BCUT2D eigenvalue weighted by molar-refractivity contribution is 0.178. The van der Waals surface area contributed by atoms with Crippen molar-refractivity contribution < 1.29 is 5.11 Å². The van der Waals surface area contributed by atoms with Gasteiger partial charge in [0.15, 0.2) is 5.82 Å². The molecular weight excluding hydrogens is 364 g/mol. The fraction of sp³-hybridized carbons (Fsp3) is 0.545. The normalized spacial score (nSPS) is 21.3. The Kier molecular flexibility index (Phi) is 6.16. The molecule has 0 radical (unpaired) electrons. The van der Waals surface area contributed by atoms with Crippen LogP contribution in [-0.4, -0.2) is 72.6 Å². The van der Waals surface area contributed by atoms with Crippen molar-refractivity contribution in [1.29, 1.82) is 0 Å². The summed E-state index contributed by atoms with van der Waals surface area (Å²) in [6.07, 6.45) is 2.58. The molecule has 2 saturated heterocycles. The van der Waals surface area contributed by atoms with Gasteiger partial charge < -0.3 is 20.6 Å². The molecule has 1 aromatic heterocycles. The number of piperidine rings is 1. The summed E-state index contributed by atoms with van der Waals surface area (Å²) in [5.74, 6) is 1.82. The van der Waals surface area contributed by atoms with Gasteiger partial charge in [-0.25, -0.2) is 0 Å². The van der Waals surface area contributed by atoms with Gasteiger partial charge in [-0.1, -0.05) is 12.1 Å². The van der Waals surface area contributed by atoms with Crippen LogP contribution in [0.3, 0.4) is 0 Å². The number of aromatic nitrogens is 2. The fourth-order valence-electron chi connectivity index (χ4n) is 4.59. The van der Waals surface area contributed by atoms with E-state index in [4.69, 9.17) is 0 Å². The predicted octanol–water partition coefficient (Wildman–Crippen LogP) is 2.40. The van der Waals surface area contributed by atoms with Gasteiger partial charge in [0.2, 0.25) is 0 Å². The van der Waals surface area contributed by atoms with Crippen molar-refractivity contribution in [2.45, 2.75) is 25.8 Å². The van der Waals surface area contributed by atoms with Crippen LogP contribution >= 0.6 is 0 Å². The predicted molar refractivity (Wildman–Crippen MR) is 118 cm³/mol. The van der Waals surface area contributed by atoms with E-state index in [1.807, 2.05) is 31.3 Å². The largest absolute Gasteiger partial charge is 0.507 e. The summed E-state index contributed by atoms with van der Waals surface area (Å²) in [5, 5.41) is 25.6. The Balaban J connectivity index is 1.51. The van der Waals surface area contributed by atoms with Gasteiger partial charge in [0.1, 0.15) is 5.75 Å². The summed E-state index contributed by atoms with van der Waals surface area (Å²) >= 11 is 0. The first-order valence-electron chi connectivity index (χ1n) is 10.7. The molecule has 1 aromatic carbocycles. The number of hydrogen-bond acceptors (Lipinski definition) is 7. The molecule has 2 aliphatic rings. The molecule has 0 spiro atoms. The Morgan fingerprint density at radius 3 is 2.69 bits per heavy atom. The molecule has 2 aromatic rings. The Bertz CT molecular complexity index is 823. The molecule has 0 amide bonds. The standard InChI is InChI=1S/C22H32N6O/c1-16-14-27(15-17-7-9-24-10-8-17)11-12-28(16)20-13-19(25-26-22(20)23-2)18-5-3-4-6-21(18)29/h3-6,13,16-17,24,29H,7-12,14-15H2,1-2H3,(H,23,26)/t16-/m0/s1. The summed E-state index contributed by atoms with van der Waals surface area (Å²) in [7, 11) is 1.88. The third-order valence-electron chi connectivity index (χ3n) is 6.19. The molecule has 29 heavy (non-hydrogen) atoms. The summed E-state index contributed by atoms with van der Waals surface area (Å²) in [6, 6.07) is 9.72. The molecule has 3 N–H and O–H groups in total. The zero-order valence-electron chi connectivity index (χ0n) is 17.4. The van der Waals surface area contributed by atoms with Crippen LogP contribution < -0.4 is 15.5 Å². The number of phenolic OH excluding ortho intramolecular Hbond substituents is 1. The lowest BCUT2D eigenvalue weighted by Gasteiger charge is -2.43. The van der Waals surface area contributed by atoms with Crippen molar-refractivity contribution >= 4 is 11.5 Å². The molecule has 0 bridgehead atoms. The maximum absolute atomic E-state index is 10.2. The van der Waals surface area contributed by atoms with E-state index in [0.717, 1.165) is 50.1 Å². The number of piperazine rings is 1.